The number of nitrogens with zero attached hydrogens (tertiary/aromatic N) is 3. The molecule has 0 amide bonds. The first-order valence-corrected chi connectivity index (χ1v) is 9.51. The van der Waals surface area contributed by atoms with Crippen molar-refractivity contribution in [3.8, 4) is 5.75 Å². The summed E-state index contributed by atoms with van der Waals surface area (Å²) in [5, 5.41) is 4.08. The van der Waals surface area contributed by atoms with Gasteiger partial charge in [-0.3, -0.25) is 8.99 Å². The van der Waals surface area contributed by atoms with E-state index in [0.29, 0.717) is 18.0 Å². The van der Waals surface area contributed by atoms with E-state index < -0.39 is 10.0 Å². The Hall–Kier alpha value is -2.02. The van der Waals surface area contributed by atoms with Crippen molar-refractivity contribution in [1.82, 2.24) is 9.78 Å². The number of anilines is 1. The van der Waals surface area contributed by atoms with Crippen LogP contribution in [0, 0.1) is 0 Å². The molecule has 0 fully saturated rings. The minimum Gasteiger partial charge on any atom is -0.486 e. The van der Waals surface area contributed by atoms with E-state index in [9.17, 15) is 8.42 Å². The first-order valence-electron chi connectivity index (χ1n) is 8.07. The minimum atomic E-state index is -3.73. The van der Waals surface area contributed by atoms with Crippen molar-refractivity contribution in [2.45, 2.75) is 44.1 Å². The van der Waals surface area contributed by atoms with Gasteiger partial charge in [0.1, 0.15) is 16.2 Å². The highest BCUT2D eigenvalue weighted by molar-refractivity contribution is 7.93. The summed E-state index contributed by atoms with van der Waals surface area (Å²) in [6.45, 7) is 6.10. The molecule has 3 rings (SSSR count). The molecule has 0 saturated carbocycles. The maximum Gasteiger partial charge on any atom is 0.268 e. The molecule has 1 aromatic carbocycles. The standard InChI is InChI=1S/C17H23N3O3S/c1-5-20(14-11-18-19(4)12-14)24(21,22)15-8-6-7-13-9-10-17(2,3)23-16(13)15/h6-8,11-12H,5,9-10H2,1-4H3. The summed E-state index contributed by atoms with van der Waals surface area (Å²) < 4.78 is 35.5. The average Bonchev–Trinajstić information content (AvgIpc) is 2.92. The first kappa shape index (κ1) is 16.8. The van der Waals surface area contributed by atoms with Crippen molar-refractivity contribution in [1.29, 1.82) is 0 Å². The van der Waals surface area contributed by atoms with Gasteiger partial charge in [-0.05, 0) is 45.2 Å². The summed E-state index contributed by atoms with van der Waals surface area (Å²) in [7, 11) is -1.96. The number of benzene rings is 1. The summed E-state index contributed by atoms with van der Waals surface area (Å²) in [6, 6.07) is 5.34. The first-order chi connectivity index (χ1) is 11.2. The molecule has 1 aromatic heterocycles. The van der Waals surface area contributed by atoms with Crippen LogP contribution in [0.25, 0.3) is 0 Å². The number of fused-ring (bicyclic) bond motifs is 1. The van der Waals surface area contributed by atoms with Crippen LogP contribution in [0.5, 0.6) is 5.75 Å². The number of aromatic nitrogens is 2. The van der Waals surface area contributed by atoms with Crippen LogP contribution >= 0.6 is 0 Å². The lowest BCUT2D eigenvalue weighted by atomic mass is 9.94. The van der Waals surface area contributed by atoms with Gasteiger partial charge in [-0.1, -0.05) is 12.1 Å². The monoisotopic (exact) mass is 349 g/mol. The predicted molar refractivity (Wildman–Crippen MR) is 92.9 cm³/mol. The van der Waals surface area contributed by atoms with Crippen LogP contribution < -0.4 is 9.04 Å². The zero-order valence-corrected chi connectivity index (χ0v) is 15.3. The summed E-state index contributed by atoms with van der Waals surface area (Å²) in [5.74, 6) is 0.482. The Bertz CT molecular complexity index is 856. The van der Waals surface area contributed by atoms with E-state index >= 15 is 0 Å². The maximum absolute atomic E-state index is 13.3. The van der Waals surface area contributed by atoms with Gasteiger partial charge in [0, 0.05) is 19.8 Å². The predicted octanol–water partition coefficient (Wildman–Crippen LogP) is 2.74. The molecule has 1 aliphatic heterocycles. The molecule has 130 valence electrons. The number of sulfonamides is 1. The fourth-order valence-electron chi connectivity index (χ4n) is 2.99. The molecule has 0 aliphatic carbocycles. The molecular weight excluding hydrogens is 326 g/mol. The van der Waals surface area contributed by atoms with Crippen molar-refractivity contribution in [3.63, 3.8) is 0 Å². The Morgan fingerprint density at radius 3 is 2.75 bits per heavy atom. The Morgan fingerprint density at radius 1 is 1.38 bits per heavy atom. The molecule has 0 unspecified atom stereocenters. The van der Waals surface area contributed by atoms with Crippen LogP contribution in [0.3, 0.4) is 0 Å². The van der Waals surface area contributed by atoms with Crippen molar-refractivity contribution < 1.29 is 13.2 Å². The molecular formula is C17H23N3O3S. The van der Waals surface area contributed by atoms with Gasteiger partial charge in [-0.2, -0.15) is 5.10 Å². The molecule has 6 nitrogen and oxygen atoms in total. The van der Waals surface area contributed by atoms with Gasteiger partial charge in [0.2, 0.25) is 0 Å². The minimum absolute atomic E-state index is 0.221. The molecule has 0 atom stereocenters. The summed E-state index contributed by atoms with van der Waals surface area (Å²) in [5.41, 5.74) is 1.12. The second kappa shape index (κ2) is 5.81. The van der Waals surface area contributed by atoms with Crippen molar-refractivity contribution in [2.75, 3.05) is 10.8 Å². The van der Waals surface area contributed by atoms with Crippen LogP contribution in [0.2, 0.25) is 0 Å². The van der Waals surface area contributed by atoms with E-state index in [0.717, 1.165) is 18.4 Å². The highest BCUT2D eigenvalue weighted by Crippen LogP contribution is 2.39. The molecule has 2 aromatic rings. The van der Waals surface area contributed by atoms with Crippen molar-refractivity contribution in [2.24, 2.45) is 7.05 Å². The van der Waals surface area contributed by atoms with Gasteiger partial charge < -0.3 is 4.74 Å². The normalized spacial score (nSPS) is 16.3. The molecule has 0 N–H and O–H groups in total. The van der Waals surface area contributed by atoms with E-state index in [-0.39, 0.29) is 10.5 Å². The number of hydrogen-bond donors (Lipinski definition) is 0. The third-order valence-corrected chi connectivity index (χ3v) is 6.20. The van der Waals surface area contributed by atoms with Crippen LogP contribution in [-0.2, 0) is 23.5 Å². The van der Waals surface area contributed by atoms with Gasteiger partial charge in [-0.15, -0.1) is 0 Å². The van der Waals surface area contributed by atoms with Crippen LogP contribution in [0.4, 0.5) is 5.69 Å². The lowest BCUT2D eigenvalue weighted by Crippen LogP contribution is -2.35. The zero-order chi connectivity index (χ0) is 17.5. The Labute approximate surface area is 143 Å². The van der Waals surface area contributed by atoms with Gasteiger partial charge in [-0.25, -0.2) is 8.42 Å². The molecule has 0 bridgehead atoms. The fraction of sp³-hybridized carbons (Fsp3) is 0.471. The lowest BCUT2D eigenvalue weighted by molar-refractivity contribution is 0.0806. The van der Waals surface area contributed by atoms with Gasteiger partial charge in [0.25, 0.3) is 10.0 Å². The molecule has 1 aliphatic rings. The molecule has 0 saturated heterocycles. The van der Waals surface area contributed by atoms with Gasteiger partial charge in [0.05, 0.1) is 11.9 Å². The van der Waals surface area contributed by atoms with Gasteiger partial charge in [0.15, 0.2) is 0 Å². The molecule has 7 heteroatoms. The topological polar surface area (TPSA) is 64.4 Å². The van der Waals surface area contributed by atoms with E-state index in [1.54, 1.807) is 36.3 Å². The highest BCUT2D eigenvalue weighted by atomic mass is 32.2. The number of aryl methyl sites for hydroxylation is 2. The largest absolute Gasteiger partial charge is 0.486 e. The van der Waals surface area contributed by atoms with Crippen LogP contribution in [-0.4, -0.2) is 30.3 Å². The molecule has 2 heterocycles. The van der Waals surface area contributed by atoms with Crippen LogP contribution in [0.1, 0.15) is 32.8 Å². The van der Waals surface area contributed by atoms with E-state index in [1.165, 1.54) is 4.31 Å². The van der Waals surface area contributed by atoms with Gasteiger partial charge >= 0.3 is 0 Å². The average molecular weight is 349 g/mol. The Balaban J connectivity index is 2.11. The quantitative estimate of drug-likeness (QED) is 0.851. The third kappa shape index (κ3) is 2.88. The molecule has 0 radical (unpaired) electrons. The number of hydrogen-bond acceptors (Lipinski definition) is 4. The van der Waals surface area contributed by atoms with E-state index in [4.69, 9.17) is 4.74 Å². The van der Waals surface area contributed by atoms with Crippen molar-refractivity contribution in [3.05, 3.63) is 36.2 Å². The highest BCUT2D eigenvalue weighted by Gasteiger charge is 2.34. The summed E-state index contributed by atoms with van der Waals surface area (Å²) in [4.78, 5) is 0.221. The maximum atomic E-state index is 13.3. The SMILES string of the molecule is CCN(c1cnn(C)c1)S(=O)(=O)c1cccc2c1OC(C)(C)CC2. The number of ether oxygens (including phenoxy) is 1. The smallest absolute Gasteiger partial charge is 0.268 e. The van der Waals surface area contributed by atoms with E-state index in [2.05, 4.69) is 5.10 Å². The second-order valence-electron chi connectivity index (χ2n) is 6.65. The third-order valence-electron chi connectivity index (χ3n) is 4.27. The van der Waals surface area contributed by atoms with Crippen LogP contribution in [0.15, 0.2) is 35.5 Å². The zero-order valence-electron chi connectivity index (χ0n) is 14.5. The Morgan fingerprint density at radius 2 is 2.12 bits per heavy atom. The lowest BCUT2D eigenvalue weighted by Gasteiger charge is -2.34. The second-order valence-corrected chi connectivity index (χ2v) is 8.48. The molecule has 0 spiro atoms. The number of para-hydroxylation sites is 1. The fourth-order valence-corrected chi connectivity index (χ4v) is 4.59. The van der Waals surface area contributed by atoms with Crippen molar-refractivity contribution >= 4 is 15.7 Å². The van der Waals surface area contributed by atoms with E-state index in [1.807, 2.05) is 26.8 Å². The summed E-state index contributed by atoms with van der Waals surface area (Å²) in [6.07, 6.45) is 4.93. The summed E-state index contributed by atoms with van der Waals surface area (Å²) >= 11 is 0. The number of rotatable bonds is 4. The Kier molecular flexibility index (Phi) is 4.07. The molecule has 24 heavy (non-hydrogen) atoms.